The van der Waals surface area contributed by atoms with E-state index in [4.69, 9.17) is 23.6 Å². The average Bonchev–Trinajstić information content (AvgIpc) is 2.89. The topological polar surface area (TPSA) is 14.1 Å². The molecule has 0 aliphatic heterocycles. The van der Waals surface area contributed by atoms with Crippen LogP contribution >= 0.6 is 18.6 Å². The quantitative estimate of drug-likeness (QED) is 0.309. The summed E-state index contributed by atoms with van der Waals surface area (Å²) in [4.78, 5) is 5.49. The van der Waals surface area contributed by atoms with Crippen molar-refractivity contribution in [2.75, 3.05) is 0 Å². The van der Waals surface area contributed by atoms with Crippen molar-refractivity contribution >= 4 is 26.8 Å². The number of hydrogen-bond donors (Lipinski definition) is 0. The van der Waals surface area contributed by atoms with Crippen LogP contribution < -0.4 is 0 Å². The molecule has 2 saturated carbocycles. The van der Waals surface area contributed by atoms with Crippen LogP contribution in [0.4, 0.5) is 0 Å². The Hall–Kier alpha value is 1.47. The first-order chi connectivity index (χ1) is 10.8. The van der Waals surface area contributed by atoms with Gasteiger partial charge < -0.3 is 12.4 Å². The van der Waals surface area contributed by atoms with Gasteiger partial charge in [-0.1, -0.05) is 105 Å². The molecule has 24 heavy (non-hydrogen) atoms. The molecule has 0 bridgehead atoms. The second kappa shape index (κ2) is 12.0. The van der Waals surface area contributed by atoms with E-state index < -0.39 is 25.3 Å². The van der Waals surface area contributed by atoms with E-state index in [0.717, 1.165) is 17.4 Å². The van der Waals surface area contributed by atoms with Crippen molar-refractivity contribution in [1.82, 2.24) is 0 Å². The van der Waals surface area contributed by atoms with E-state index in [1.165, 1.54) is 57.4 Å². The summed E-state index contributed by atoms with van der Waals surface area (Å²) < 4.78 is 0. The van der Waals surface area contributed by atoms with E-state index in [1.54, 1.807) is 0 Å². The molecule has 0 spiro atoms. The van der Waals surface area contributed by atoms with Crippen LogP contribution in [0.3, 0.4) is 0 Å². The van der Waals surface area contributed by atoms with E-state index in [0.29, 0.717) is 0 Å². The molecule has 5 heteroatoms. The fourth-order valence-electron chi connectivity index (χ4n) is 5.13. The van der Waals surface area contributed by atoms with E-state index >= 15 is 0 Å². The first kappa shape index (κ1) is 25.5. The van der Waals surface area contributed by atoms with Gasteiger partial charge in [0.05, 0.1) is 0 Å². The molecule has 0 heterocycles. The maximum absolute atomic E-state index is 5.49. The summed E-state index contributed by atoms with van der Waals surface area (Å²) in [7, 11) is 8.32. The van der Waals surface area contributed by atoms with E-state index in [9.17, 15) is 0 Å². The van der Waals surface area contributed by atoms with Gasteiger partial charge in [-0.15, -0.1) is 5.54 Å². The number of halogens is 2. The number of fused-ring (bicyclic) bond motifs is 1. The molecule has 144 valence electrons. The van der Waals surface area contributed by atoms with Crippen LogP contribution in [0.1, 0.15) is 79.1 Å². The molecule has 0 aromatic carbocycles. The van der Waals surface area contributed by atoms with Crippen molar-refractivity contribution in [2.45, 2.75) is 103 Å². The number of rotatable bonds is 5. The van der Waals surface area contributed by atoms with Crippen LogP contribution in [0.2, 0.25) is 18.1 Å². The van der Waals surface area contributed by atoms with Crippen molar-refractivity contribution in [3.05, 3.63) is 12.4 Å². The Balaban J connectivity index is 0.00000123. The Bertz CT molecular complexity index is 338. The minimum atomic E-state index is -1.46. The number of nitrogens with zero attached hydrogens (tertiary/aromatic N) is 1. The van der Waals surface area contributed by atoms with Crippen LogP contribution in [0.15, 0.2) is 0 Å². The summed E-state index contributed by atoms with van der Waals surface area (Å²) in [6.45, 7) is 11.9. The molecule has 1 nitrogen and oxygen atoms in total. The molecule has 2 fully saturated rings. The first-order valence-corrected chi connectivity index (χ1v) is 16.5. The normalized spacial score (nSPS) is 28.7. The summed E-state index contributed by atoms with van der Waals surface area (Å²) in [6, 6.07) is 1.44. The van der Waals surface area contributed by atoms with Gasteiger partial charge in [-0.25, -0.2) is 0 Å². The molecule has 2 rings (SSSR count). The molecule has 0 aromatic heterocycles. The van der Waals surface area contributed by atoms with E-state index in [2.05, 4.69) is 34.2 Å². The van der Waals surface area contributed by atoms with E-state index in [-0.39, 0.29) is 13.0 Å². The summed E-state index contributed by atoms with van der Waals surface area (Å²) in [6.07, 6.45) is 11.8. The fourth-order valence-corrected chi connectivity index (χ4v) is 10.5. The SMILES string of the molecule is CCCC[Si@](C)([N-]C(C)(C)C)C1CCC2CCCCC21.[CH3-].[Cl][Ti][Cl]. The zero-order valence-corrected chi connectivity index (χ0v) is 20.9. The minimum absolute atomic E-state index is 0. The third kappa shape index (κ3) is 8.01. The molecule has 0 saturated heterocycles. The van der Waals surface area contributed by atoms with Crippen molar-refractivity contribution in [2.24, 2.45) is 11.8 Å². The standard InChI is InChI=1S/C18H36NSi.CH3.2ClH.Ti/c1-6-7-14-20(5,19-18(2,3)4)17-13-12-15-10-8-9-11-16(15)17;;;;/h15-17H,6-14H2,1-5H3;1H3;2*1H;/q2*-1;;;+2/p-2/t15?,16?,17?,20-;;;;/m0..../s1. The number of hydrogen-bond acceptors (Lipinski definition) is 0. The zero-order chi connectivity index (χ0) is 17.5. The van der Waals surface area contributed by atoms with Crippen LogP contribution in [-0.4, -0.2) is 13.8 Å². The van der Waals surface area contributed by atoms with Crippen LogP contribution in [-0.2, 0) is 17.0 Å². The first-order valence-electron chi connectivity index (χ1n) is 9.47. The van der Waals surface area contributed by atoms with Crippen molar-refractivity contribution in [1.29, 1.82) is 0 Å². The third-order valence-corrected chi connectivity index (χ3v) is 10.6. The molecular formula is C19H39Cl2NSiTi-2. The second-order valence-corrected chi connectivity index (χ2v) is 15.5. The molecule has 0 amide bonds. The monoisotopic (exact) mass is 427 g/mol. The Morgan fingerprint density at radius 2 is 1.67 bits per heavy atom. The molecule has 4 atom stereocenters. The molecule has 3 unspecified atom stereocenters. The Morgan fingerprint density at radius 1 is 1.08 bits per heavy atom. The molecule has 0 radical (unpaired) electrons. The van der Waals surface area contributed by atoms with Crippen molar-refractivity contribution < 1.29 is 17.0 Å². The Kier molecular flexibility index (Phi) is 12.8. The van der Waals surface area contributed by atoms with Gasteiger partial charge in [0.15, 0.2) is 0 Å². The average molecular weight is 428 g/mol. The predicted octanol–water partition coefficient (Wildman–Crippen LogP) is 8.33. The molecule has 2 aliphatic carbocycles. The Morgan fingerprint density at radius 3 is 2.21 bits per heavy atom. The molecule has 2 aliphatic rings. The molecule has 0 N–H and O–H groups in total. The summed E-state index contributed by atoms with van der Waals surface area (Å²) in [5.74, 6) is 2.11. The maximum atomic E-state index is 5.49. The van der Waals surface area contributed by atoms with Gasteiger partial charge in [0.25, 0.3) is 0 Å². The van der Waals surface area contributed by atoms with Gasteiger partial charge in [-0.05, 0) is 11.8 Å². The van der Waals surface area contributed by atoms with Crippen molar-refractivity contribution in [3.63, 3.8) is 0 Å². The number of unbranched alkanes of at least 4 members (excludes halogenated alkanes) is 1. The summed E-state index contributed by atoms with van der Waals surface area (Å²) in [5.41, 5.74) is 1.17. The second-order valence-electron chi connectivity index (χ2n) is 8.71. The fraction of sp³-hybridized carbons (Fsp3) is 0.947. The van der Waals surface area contributed by atoms with Crippen molar-refractivity contribution in [3.8, 4) is 0 Å². The van der Waals surface area contributed by atoms with Gasteiger partial charge in [0.1, 0.15) is 0 Å². The molecular weight excluding hydrogens is 389 g/mol. The van der Waals surface area contributed by atoms with Gasteiger partial charge in [0.2, 0.25) is 0 Å². The summed E-state index contributed by atoms with van der Waals surface area (Å²) >= 11 is -0.556. The predicted molar refractivity (Wildman–Crippen MR) is 111 cm³/mol. The van der Waals surface area contributed by atoms with Crippen LogP contribution in [0.5, 0.6) is 0 Å². The third-order valence-electron chi connectivity index (χ3n) is 5.76. The zero-order valence-electron chi connectivity index (χ0n) is 16.8. The van der Waals surface area contributed by atoms with Crippen LogP contribution in [0.25, 0.3) is 4.98 Å². The van der Waals surface area contributed by atoms with Gasteiger partial charge in [-0.3, -0.25) is 0 Å². The molecule has 0 aromatic rings. The van der Waals surface area contributed by atoms with Gasteiger partial charge >= 0.3 is 35.6 Å². The van der Waals surface area contributed by atoms with Gasteiger partial charge in [0, 0.05) is 0 Å². The van der Waals surface area contributed by atoms with E-state index in [1.807, 2.05) is 0 Å². The Labute approximate surface area is 170 Å². The summed E-state index contributed by atoms with van der Waals surface area (Å²) in [5, 5.41) is 0. The van der Waals surface area contributed by atoms with Crippen LogP contribution in [0, 0.1) is 19.3 Å². The van der Waals surface area contributed by atoms with Gasteiger partial charge in [-0.2, -0.15) is 0 Å².